The molecule has 5 heteroatoms. The number of carbonyl (C=O) groups is 2. The maximum atomic E-state index is 12.6. The summed E-state index contributed by atoms with van der Waals surface area (Å²) in [5.41, 5.74) is 3.81. The molecule has 0 aliphatic rings. The number of carboxylic acids is 1. The van der Waals surface area contributed by atoms with E-state index in [4.69, 9.17) is 11.6 Å². The predicted molar refractivity (Wildman–Crippen MR) is 108 cm³/mol. The zero-order valence-corrected chi connectivity index (χ0v) is 15.5. The number of hydrogen-bond donors (Lipinski definition) is 2. The van der Waals surface area contributed by atoms with E-state index in [2.05, 4.69) is 5.32 Å². The molecule has 0 aromatic heterocycles. The van der Waals surface area contributed by atoms with Crippen LogP contribution in [0.25, 0.3) is 11.1 Å². The van der Waals surface area contributed by atoms with Crippen molar-refractivity contribution < 1.29 is 14.7 Å². The van der Waals surface area contributed by atoms with Crippen LogP contribution in [0.2, 0.25) is 5.02 Å². The highest BCUT2D eigenvalue weighted by atomic mass is 35.5. The van der Waals surface area contributed by atoms with Crippen LogP contribution in [-0.4, -0.2) is 17.0 Å². The number of halogens is 1. The molecule has 3 aromatic rings. The highest BCUT2D eigenvalue weighted by molar-refractivity contribution is 6.30. The first-order chi connectivity index (χ1) is 13.0. The van der Waals surface area contributed by atoms with E-state index >= 15 is 0 Å². The van der Waals surface area contributed by atoms with E-state index in [-0.39, 0.29) is 11.5 Å². The highest BCUT2D eigenvalue weighted by Crippen LogP contribution is 2.24. The number of benzene rings is 3. The van der Waals surface area contributed by atoms with Gasteiger partial charge in [0.15, 0.2) is 0 Å². The Balaban J connectivity index is 1.82. The zero-order chi connectivity index (χ0) is 19.4. The van der Waals surface area contributed by atoms with Crippen molar-refractivity contribution in [1.29, 1.82) is 0 Å². The fraction of sp³-hybridized carbons (Fsp3) is 0.0909. The van der Waals surface area contributed by atoms with Crippen molar-refractivity contribution >= 4 is 29.2 Å². The molecule has 0 aliphatic heterocycles. The summed E-state index contributed by atoms with van der Waals surface area (Å²) in [6.45, 7) is 1.86. The van der Waals surface area contributed by atoms with E-state index in [0.717, 1.165) is 11.1 Å². The van der Waals surface area contributed by atoms with Crippen LogP contribution >= 0.6 is 11.6 Å². The van der Waals surface area contributed by atoms with Crippen LogP contribution in [0.4, 0.5) is 5.69 Å². The number of carboxylic acid groups (broad SMARTS) is 1. The SMILES string of the molecule is CCc1c(NC(=O)c2ccc(-c3ccc(Cl)cc3)cc2)cccc1C(=O)O. The molecule has 4 nitrogen and oxygen atoms in total. The van der Waals surface area contributed by atoms with Crippen molar-refractivity contribution in [2.24, 2.45) is 0 Å². The maximum Gasteiger partial charge on any atom is 0.336 e. The summed E-state index contributed by atoms with van der Waals surface area (Å²) in [5.74, 6) is -1.29. The molecule has 3 rings (SSSR count). The Morgan fingerprint density at radius 2 is 1.52 bits per heavy atom. The average molecular weight is 380 g/mol. The number of anilines is 1. The Morgan fingerprint density at radius 1 is 0.926 bits per heavy atom. The molecular weight excluding hydrogens is 362 g/mol. The fourth-order valence-corrected chi connectivity index (χ4v) is 3.06. The normalized spacial score (nSPS) is 10.4. The molecule has 0 bridgehead atoms. The molecule has 2 N–H and O–H groups in total. The summed E-state index contributed by atoms with van der Waals surface area (Å²) in [7, 11) is 0. The van der Waals surface area contributed by atoms with E-state index in [1.807, 2.05) is 43.3 Å². The second-order valence-electron chi connectivity index (χ2n) is 6.03. The summed E-state index contributed by atoms with van der Waals surface area (Å²) in [6.07, 6.45) is 0.508. The Morgan fingerprint density at radius 3 is 2.07 bits per heavy atom. The first-order valence-corrected chi connectivity index (χ1v) is 8.90. The zero-order valence-electron chi connectivity index (χ0n) is 14.7. The van der Waals surface area contributed by atoms with Gasteiger partial charge in [-0.1, -0.05) is 48.9 Å². The van der Waals surface area contributed by atoms with Crippen molar-refractivity contribution in [3.05, 3.63) is 88.4 Å². The lowest BCUT2D eigenvalue weighted by Crippen LogP contribution is -2.15. The van der Waals surface area contributed by atoms with Gasteiger partial charge >= 0.3 is 5.97 Å². The van der Waals surface area contributed by atoms with Gasteiger partial charge in [0, 0.05) is 16.3 Å². The summed E-state index contributed by atoms with van der Waals surface area (Å²) in [6, 6.07) is 19.6. The molecule has 0 radical (unpaired) electrons. The number of carbonyl (C=O) groups excluding carboxylic acids is 1. The van der Waals surface area contributed by atoms with Crippen LogP contribution in [0.15, 0.2) is 66.7 Å². The molecule has 136 valence electrons. The second kappa shape index (κ2) is 8.06. The summed E-state index contributed by atoms with van der Waals surface area (Å²) >= 11 is 5.91. The predicted octanol–water partition coefficient (Wildman–Crippen LogP) is 5.52. The van der Waals surface area contributed by atoms with Gasteiger partial charge in [0.25, 0.3) is 5.91 Å². The van der Waals surface area contributed by atoms with Gasteiger partial charge in [0.05, 0.1) is 5.56 Å². The van der Waals surface area contributed by atoms with Gasteiger partial charge in [0.2, 0.25) is 0 Å². The van der Waals surface area contributed by atoms with Crippen molar-refractivity contribution in [3.8, 4) is 11.1 Å². The number of aromatic carboxylic acids is 1. The fourth-order valence-electron chi connectivity index (χ4n) is 2.94. The van der Waals surface area contributed by atoms with Crippen LogP contribution in [0.5, 0.6) is 0 Å². The van der Waals surface area contributed by atoms with E-state index in [1.54, 1.807) is 24.3 Å². The van der Waals surface area contributed by atoms with Gasteiger partial charge < -0.3 is 10.4 Å². The van der Waals surface area contributed by atoms with Crippen LogP contribution in [0.3, 0.4) is 0 Å². The first-order valence-electron chi connectivity index (χ1n) is 8.52. The monoisotopic (exact) mass is 379 g/mol. The molecule has 0 saturated heterocycles. The Bertz CT molecular complexity index is 979. The van der Waals surface area contributed by atoms with Gasteiger partial charge in [-0.15, -0.1) is 0 Å². The minimum absolute atomic E-state index is 0.202. The summed E-state index contributed by atoms with van der Waals surface area (Å²) < 4.78 is 0. The molecule has 0 fully saturated rings. The molecular formula is C22H18ClNO3. The second-order valence-corrected chi connectivity index (χ2v) is 6.47. The quantitative estimate of drug-likeness (QED) is 0.613. The number of nitrogens with one attached hydrogen (secondary N) is 1. The molecule has 0 saturated carbocycles. The lowest BCUT2D eigenvalue weighted by molar-refractivity contribution is 0.0695. The van der Waals surface area contributed by atoms with E-state index in [9.17, 15) is 14.7 Å². The van der Waals surface area contributed by atoms with E-state index < -0.39 is 5.97 Å². The van der Waals surface area contributed by atoms with E-state index in [0.29, 0.717) is 28.3 Å². The molecule has 1 amide bonds. The Kier molecular flexibility index (Phi) is 5.57. The average Bonchev–Trinajstić information content (AvgIpc) is 2.68. The molecule has 0 aliphatic carbocycles. The Labute approximate surface area is 162 Å². The highest BCUT2D eigenvalue weighted by Gasteiger charge is 2.15. The van der Waals surface area contributed by atoms with Gasteiger partial charge in [-0.05, 0) is 59.5 Å². The standard InChI is InChI=1S/C22H18ClNO3/c1-2-18-19(22(26)27)4-3-5-20(18)24-21(25)16-8-6-14(7-9-16)15-10-12-17(23)13-11-15/h3-13H,2H2,1H3,(H,24,25)(H,26,27). The van der Waals surface area contributed by atoms with E-state index in [1.165, 1.54) is 6.07 Å². The Hall–Kier alpha value is -3.11. The minimum atomic E-state index is -1.00. The number of rotatable bonds is 5. The van der Waals surface area contributed by atoms with Crippen LogP contribution in [0.1, 0.15) is 33.2 Å². The number of hydrogen-bond acceptors (Lipinski definition) is 2. The number of amides is 1. The largest absolute Gasteiger partial charge is 0.478 e. The van der Waals surface area contributed by atoms with Crippen molar-refractivity contribution in [2.45, 2.75) is 13.3 Å². The van der Waals surface area contributed by atoms with Crippen LogP contribution < -0.4 is 5.32 Å². The minimum Gasteiger partial charge on any atom is -0.478 e. The lowest BCUT2D eigenvalue weighted by Gasteiger charge is -2.12. The third-order valence-electron chi connectivity index (χ3n) is 4.33. The van der Waals surface area contributed by atoms with Crippen LogP contribution in [-0.2, 0) is 6.42 Å². The molecule has 3 aromatic carbocycles. The van der Waals surface area contributed by atoms with Crippen molar-refractivity contribution in [1.82, 2.24) is 0 Å². The summed E-state index contributed by atoms with van der Waals surface area (Å²) in [4.78, 5) is 23.9. The summed E-state index contributed by atoms with van der Waals surface area (Å²) in [5, 5.41) is 12.8. The first kappa shape index (κ1) is 18.7. The third-order valence-corrected chi connectivity index (χ3v) is 4.58. The smallest absolute Gasteiger partial charge is 0.336 e. The molecule has 27 heavy (non-hydrogen) atoms. The molecule has 0 spiro atoms. The van der Waals surface area contributed by atoms with Crippen molar-refractivity contribution in [2.75, 3.05) is 5.32 Å². The van der Waals surface area contributed by atoms with Gasteiger partial charge in [-0.25, -0.2) is 4.79 Å². The maximum absolute atomic E-state index is 12.6. The third kappa shape index (κ3) is 4.18. The molecule has 0 atom stereocenters. The topological polar surface area (TPSA) is 66.4 Å². The lowest BCUT2D eigenvalue weighted by atomic mass is 10.0. The van der Waals surface area contributed by atoms with Crippen molar-refractivity contribution in [3.63, 3.8) is 0 Å². The van der Waals surface area contributed by atoms with Gasteiger partial charge in [-0.2, -0.15) is 0 Å². The van der Waals surface area contributed by atoms with Crippen LogP contribution in [0, 0.1) is 0 Å². The molecule has 0 unspecified atom stereocenters. The molecule has 0 heterocycles. The van der Waals surface area contributed by atoms with Gasteiger partial charge in [0.1, 0.15) is 0 Å². The van der Waals surface area contributed by atoms with Gasteiger partial charge in [-0.3, -0.25) is 4.79 Å².